The van der Waals surface area contributed by atoms with Gasteiger partial charge in [-0.05, 0) is 96.7 Å². The van der Waals surface area contributed by atoms with Gasteiger partial charge in [-0.15, -0.1) is 0 Å². The Balaban J connectivity index is 2.28. The SMILES string of the molecule is CCCC(C)C1CCC(C)C2CCCCC(C)C(C(C)C)C(C)CC(C)CC(C)(C)CC21. The molecule has 2 fully saturated rings. The third-order valence-electron chi connectivity index (χ3n) is 10.3. The summed E-state index contributed by atoms with van der Waals surface area (Å²) >= 11 is 0. The number of hydrogen-bond acceptors (Lipinski definition) is 0. The Kier molecular flexibility index (Phi) is 11.1. The van der Waals surface area contributed by atoms with Gasteiger partial charge in [0.25, 0.3) is 0 Å². The first kappa shape index (κ1) is 28.2. The van der Waals surface area contributed by atoms with E-state index in [1.165, 1.54) is 70.6 Å². The summed E-state index contributed by atoms with van der Waals surface area (Å²) in [6.45, 7) is 25.6. The minimum atomic E-state index is 0.479. The molecular formula is C32H62. The average Bonchev–Trinajstić information content (AvgIpc) is 2.65. The first-order chi connectivity index (χ1) is 15.0. The predicted octanol–water partition coefficient (Wildman–Crippen LogP) is 10.7. The summed E-state index contributed by atoms with van der Waals surface area (Å²) in [6.07, 6.45) is 16.0. The zero-order chi connectivity index (χ0) is 24.1. The summed E-state index contributed by atoms with van der Waals surface area (Å²) in [4.78, 5) is 0. The third-order valence-corrected chi connectivity index (χ3v) is 10.3. The third kappa shape index (κ3) is 7.77. The fraction of sp³-hybridized carbons (Fsp3) is 1.00. The maximum atomic E-state index is 2.63. The number of hydrogen-bond donors (Lipinski definition) is 0. The van der Waals surface area contributed by atoms with Gasteiger partial charge in [0.1, 0.15) is 0 Å². The minimum Gasteiger partial charge on any atom is -0.0654 e. The molecule has 0 radical (unpaired) electrons. The summed E-state index contributed by atoms with van der Waals surface area (Å²) in [5, 5.41) is 0. The van der Waals surface area contributed by atoms with Crippen molar-refractivity contribution in [2.45, 2.75) is 140 Å². The predicted molar refractivity (Wildman–Crippen MR) is 145 cm³/mol. The van der Waals surface area contributed by atoms with E-state index < -0.39 is 0 Å². The van der Waals surface area contributed by atoms with Crippen LogP contribution in [-0.4, -0.2) is 0 Å². The molecule has 0 spiro atoms. The van der Waals surface area contributed by atoms with E-state index in [1.54, 1.807) is 0 Å². The molecule has 0 heteroatoms. The Hall–Kier alpha value is 0. The monoisotopic (exact) mass is 446 g/mol. The fourth-order valence-electron chi connectivity index (χ4n) is 9.25. The molecular weight excluding hydrogens is 384 g/mol. The number of rotatable bonds is 4. The van der Waals surface area contributed by atoms with Crippen molar-refractivity contribution in [1.82, 2.24) is 0 Å². The van der Waals surface area contributed by atoms with Gasteiger partial charge >= 0.3 is 0 Å². The van der Waals surface area contributed by atoms with Crippen molar-refractivity contribution in [3.05, 3.63) is 0 Å². The molecule has 0 aliphatic heterocycles. The lowest BCUT2D eigenvalue weighted by Crippen LogP contribution is -2.39. The van der Waals surface area contributed by atoms with E-state index in [2.05, 4.69) is 69.2 Å². The van der Waals surface area contributed by atoms with Gasteiger partial charge in [-0.25, -0.2) is 0 Å². The summed E-state index contributed by atoms with van der Waals surface area (Å²) in [5.74, 6) is 9.06. The largest absolute Gasteiger partial charge is 0.0654 e. The van der Waals surface area contributed by atoms with Crippen molar-refractivity contribution < 1.29 is 0 Å². The molecule has 0 heterocycles. The summed E-state index contributed by atoms with van der Waals surface area (Å²) in [7, 11) is 0. The second kappa shape index (κ2) is 12.6. The van der Waals surface area contributed by atoms with E-state index in [1.807, 2.05) is 0 Å². The quantitative estimate of drug-likeness (QED) is 0.402. The molecule has 190 valence electrons. The van der Waals surface area contributed by atoms with Crippen LogP contribution in [0, 0.1) is 64.6 Å². The maximum absolute atomic E-state index is 2.63. The normalized spacial score (nSPS) is 41.0. The molecule has 0 aromatic carbocycles. The van der Waals surface area contributed by atoms with Crippen LogP contribution >= 0.6 is 0 Å². The van der Waals surface area contributed by atoms with E-state index in [4.69, 9.17) is 0 Å². The highest BCUT2D eigenvalue weighted by atomic mass is 14.5. The second-order valence-corrected chi connectivity index (χ2v) is 14.3. The zero-order valence-electron chi connectivity index (χ0n) is 24.1. The molecule has 0 aromatic heterocycles. The summed E-state index contributed by atoms with van der Waals surface area (Å²) < 4.78 is 0. The lowest BCUT2D eigenvalue weighted by atomic mass is 9.57. The van der Waals surface area contributed by atoms with Crippen LogP contribution in [-0.2, 0) is 0 Å². The van der Waals surface area contributed by atoms with Gasteiger partial charge in [-0.3, -0.25) is 0 Å². The van der Waals surface area contributed by atoms with Crippen molar-refractivity contribution in [1.29, 1.82) is 0 Å². The van der Waals surface area contributed by atoms with Gasteiger partial charge in [-0.1, -0.05) is 108 Å². The van der Waals surface area contributed by atoms with Crippen molar-refractivity contribution in [3.63, 3.8) is 0 Å². The molecule has 2 rings (SSSR count). The smallest absolute Gasteiger partial charge is 0.0339 e. The van der Waals surface area contributed by atoms with Crippen LogP contribution in [0.5, 0.6) is 0 Å². The first-order valence-electron chi connectivity index (χ1n) is 15.0. The van der Waals surface area contributed by atoms with Gasteiger partial charge in [0.05, 0.1) is 0 Å². The van der Waals surface area contributed by atoms with Crippen molar-refractivity contribution in [2.75, 3.05) is 0 Å². The first-order valence-corrected chi connectivity index (χ1v) is 15.0. The Bertz CT molecular complexity index is 516. The lowest BCUT2D eigenvalue weighted by molar-refractivity contribution is 0.0156. The van der Waals surface area contributed by atoms with Gasteiger partial charge in [-0.2, -0.15) is 0 Å². The van der Waals surface area contributed by atoms with Gasteiger partial charge < -0.3 is 0 Å². The van der Waals surface area contributed by atoms with E-state index in [9.17, 15) is 0 Å². The van der Waals surface area contributed by atoms with E-state index in [0.717, 1.165) is 59.2 Å². The molecule has 0 bridgehead atoms. The van der Waals surface area contributed by atoms with Gasteiger partial charge in [0, 0.05) is 0 Å². The molecule has 2 aliphatic rings. The van der Waals surface area contributed by atoms with Crippen molar-refractivity contribution in [2.24, 2.45) is 64.6 Å². The van der Waals surface area contributed by atoms with Crippen LogP contribution in [0.4, 0.5) is 0 Å². The Morgan fingerprint density at radius 2 is 1.41 bits per heavy atom. The zero-order valence-corrected chi connectivity index (χ0v) is 24.1. The van der Waals surface area contributed by atoms with Gasteiger partial charge in [0.2, 0.25) is 0 Å². The van der Waals surface area contributed by atoms with E-state index >= 15 is 0 Å². The topological polar surface area (TPSA) is 0 Å². The highest BCUT2D eigenvalue weighted by Gasteiger charge is 2.42. The van der Waals surface area contributed by atoms with Crippen LogP contribution in [0.25, 0.3) is 0 Å². The Morgan fingerprint density at radius 3 is 2.03 bits per heavy atom. The molecule has 9 atom stereocenters. The second-order valence-electron chi connectivity index (χ2n) is 14.3. The summed E-state index contributed by atoms with van der Waals surface area (Å²) in [5.41, 5.74) is 0.479. The molecule has 0 amide bonds. The van der Waals surface area contributed by atoms with Crippen molar-refractivity contribution in [3.8, 4) is 0 Å². The summed E-state index contributed by atoms with van der Waals surface area (Å²) in [6, 6.07) is 0. The Morgan fingerprint density at radius 1 is 0.750 bits per heavy atom. The average molecular weight is 447 g/mol. The fourth-order valence-corrected chi connectivity index (χ4v) is 9.25. The standard InChI is InChI=1S/C32H62/c1-11-14-24(5)29-18-17-25(6)28-16-13-12-15-26(7)31(22(2)3)27(8)19-23(4)20-32(9,10)21-30(28)29/h22-31H,11-21H2,1-10H3. The molecule has 2 saturated carbocycles. The van der Waals surface area contributed by atoms with Crippen LogP contribution in [0.2, 0.25) is 0 Å². The molecule has 0 aromatic rings. The lowest BCUT2D eigenvalue weighted by Gasteiger charge is -2.48. The van der Waals surface area contributed by atoms with Crippen LogP contribution < -0.4 is 0 Å². The minimum absolute atomic E-state index is 0.479. The molecule has 0 N–H and O–H groups in total. The maximum Gasteiger partial charge on any atom is -0.0339 e. The molecule has 32 heavy (non-hydrogen) atoms. The Labute approximate surface area is 204 Å². The molecule has 9 unspecified atom stereocenters. The van der Waals surface area contributed by atoms with E-state index in [0.29, 0.717) is 5.41 Å². The molecule has 2 aliphatic carbocycles. The highest BCUT2D eigenvalue weighted by molar-refractivity contribution is 4.92. The van der Waals surface area contributed by atoms with Gasteiger partial charge in [0.15, 0.2) is 0 Å². The van der Waals surface area contributed by atoms with E-state index in [-0.39, 0.29) is 0 Å². The van der Waals surface area contributed by atoms with Crippen molar-refractivity contribution >= 4 is 0 Å². The molecule has 0 nitrogen and oxygen atoms in total. The van der Waals surface area contributed by atoms with Crippen LogP contribution in [0.15, 0.2) is 0 Å². The van der Waals surface area contributed by atoms with Crippen LogP contribution in [0.1, 0.15) is 140 Å². The highest BCUT2D eigenvalue weighted by Crippen LogP contribution is 2.51. The van der Waals surface area contributed by atoms with Crippen LogP contribution in [0.3, 0.4) is 0 Å². The number of fused-ring (bicyclic) bond motifs is 1. The molecule has 0 saturated heterocycles.